The molecule has 0 saturated carbocycles. The lowest BCUT2D eigenvalue weighted by Crippen LogP contribution is -2.53. The monoisotopic (exact) mass is 616 g/mol. The summed E-state index contributed by atoms with van der Waals surface area (Å²) in [5.74, 6) is 2.18. The minimum absolute atomic E-state index is 0.0162. The summed E-state index contributed by atoms with van der Waals surface area (Å²) in [5, 5.41) is 14.9. The molecule has 0 unspecified atom stereocenters. The van der Waals surface area contributed by atoms with Crippen LogP contribution >= 0.6 is 11.3 Å². The molecule has 0 radical (unpaired) electrons. The van der Waals surface area contributed by atoms with Gasteiger partial charge < -0.3 is 24.8 Å². The van der Waals surface area contributed by atoms with Crippen LogP contribution in [0.15, 0.2) is 29.3 Å². The van der Waals surface area contributed by atoms with E-state index >= 15 is 0 Å². The largest absolute Gasteiger partial charge is 0.473 e. The van der Waals surface area contributed by atoms with Crippen molar-refractivity contribution in [2.24, 2.45) is 0 Å². The molecule has 0 bridgehead atoms. The molecule has 4 atom stereocenters. The third-order valence-electron chi connectivity index (χ3n) is 9.56. The number of likely N-dealkylation sites (N-methyl/N-ethyl adjacent to an activating group) is 1. The number of nitrogens with zero attached hydrogens (tertiary/aromatic N) is 7. The maximum Gasteiger partial charge on any atom is 0.246 e. The van der Waals surface area contributed by atoms with Crippen LogP contribution in [-0.2, 0) is 16.6 Å². The van der Waals surface area contributed by atoms with Gasteiger partial charge in [-0.3, -0.25) is 9.69 Å². The third-order valence-corrected chi connectivity index (χ3v) is 10.6. The first-order valence-electron chi connectivity index (χ1n) is 15.4. The molecule has 12 heteroatoms. The van der Waals surface area contributed by atoms with Gasteiger partial charge in [0.25, 0.3) is 0 Å². The summed E-state index contributed by atoms with van der Waals surface area (Å²) in [7, 11) is 2.13. The molecule has 3 aromatic rings. The fraction of sp³-hybridized carbons (Fsp3) is 0.531. The molecule has 6 rings (SSSR count). The third kappa shape index (κ3) is 5.32. The van der Waals surface area contributed by atoms with E-state index in [1.54, 1.807) is 4.90 Å². The summed E-state index contributed by atoms with van der Waals surface area (Å²) >= 11 is 1.49. The average Bonchev–Trinajstić information content (AvgIpc) is 3.75. The Morgan fingerprint density at radius 1 is 1.32 bits per heavy atom. The quantitative estimate of drug-likeness (QED) is 0.381. The second kappa shape index (κ2) is 11.9. The van der Waals surface area contributed by atoms with Gasteiger partial charge in [0.05, 0.1) is 11.0 Å². The number of thiophene rings is 1. The lowest BCUT2D eigenvalue weighted by atomic mass is 9.71. The molecule has 2 fully saturated rings. The van der Waals surface area contributed by atoms with Gasteiger partial charge in [-0.05, 0) is 78.1 Å². The van der Waals surface area contributed by atoms with Crippen molar-refractivity contribution in [1.82, 2.24) is 24.9 Å². The number of nitrogens with two attached hydrogens (primary N) is 1. The van der Waals surface area contributed by atoms with Crippen molar-refractivity contribution in [1.29, 1.82) is 5.26 Å². The van der Waals surface area contributed by atoms with Gasteiger partial charge >= 0.3 is 0 Å². The Morgan fingerprint density at radius 3 is 2.84 bits per heavy atom. The minimum Gasteiger partial charge on any atom is -0.473 e. The van der Waals surface area contributed by atoms with Crippen LogP contribution in [-0.4, -0.2) is 82.2 Å². The number of aromatic nitrogens is 3. The van der Waals surface area contributed by atoms with Gasteiger partial charge in [-0.1, -0.05) is 11.7 Å². The van der Waals surface area contributed by atoms with Crippen LogP contribution in [0.3, 0.4) is 0 Å². The first kappa shape index (κ1) is 30.1. The van der Waals surface area contributed by atoms with E-state index in [0.717, 1.165) is 49.1 Å². The van der Waals surface area contributed by atoms with Gasteiger partial charge in [-0.2, -0.15) is 10.2 Å². The van der Waals surface area contributed by atoms with E-state index < -0.39 is 5.41 Å². The van der Waals surface area contributed by atoms with Crippen molar-refractivity contribution in [3.63, 3.8) is 0 Å². The van der Waals surface area contributed by atoms with Crippen LogP contribution in [0.1, 0.15) is 68.2 Å². The minimum atomic E-state index is -0.543. The Morgan fingerprint density at radius 2 is 2.14 bits per heavy atom. The number of aryl methyl sites for hydroxylation is 1. The van der Waals surface area contributed by atoms with Crippen LogP contribution in [0.25, 0.3) is 11.5 Å². The summed E-state index contributed by atoms with van der Waals surface area (Å²) < 4.78 is 12.5. The van der Waals surface area contributed by atoms with Crippen molar-refractivity contribution in [3.8, 4) is 23.5 Å². The Labute approximate surface area is 262 Å². The van der Waals surface area contributed by atoms with Gasteiger partial charge in [0, 0.05) is 48.7 Å². The van der Waals surface area contributed by atoms with Gasteiger partial charge in [0.1, 0.15) is 28.8 Å². The number of hydrogen-bond donors (Lipinski definition) is 1. The van der Waals surface area contributed by atoms with E-state index in [1.807, 2.05) is 12.1 Å². The number of likely N-dealkylation sites (tertiary alicyclic amines) is 1. The zero-order chi connectivity index (χ0) is 31.2. The first-order chi connectivity index (χ1) is 21.1. The molecular weight excluding hydrogens is 576 g/mol. The number of piperazine rings is 1. The number of hydrogen-bond acceptors (Lipinski definition) is 11. The molecule has 3 aromatic heterocycles. The average molecular weight is 617 g/mol. The van der Waals surface area contributed by atoms with Crippen molar-refractivity contribution >= 4 is 28.1 Å². The molecule has 2 saturated heterocycles. The number of rotatable bonds is 7. The molecule has 5 heterocycles. The van der Waals surface area contributed by atoms with Crippen molar-refractivity contribution < 1.29 is 14.1 Å². The lowest BCUT2D eigenvalue weighted by Gasteiger charge is -2.40. The number of ether oxygens (including phenoxy) is 1. The van der Waals surface area contributed by atoms with Crippen LogP contribution in [0.2, 0.25) is 0 Å². The van der Waals surface area contributed by atoms with E-state index in [-0.39, 0.29) is 18.1 Å². The Bertz CT molecular complexity index is 1610. The smallest absolute Gasteiger partial charge is 0.246 e. The highest BCUT2D eigenvalue weighted by atomic mass is 32.1. The Balaban J connectivity index is 1.36. The molecule has 11 nitrogen and oxygen atoms in total. The maximum absolute atomic E-state index is 12.3. The summed E-state index contributed by atoms with van der Waals surface area (Å²) in [6.45, 7) is 12.7. The van der Waals surface area contributed by atoms with Crippen LogP contribution in [0, 0.1) is 11.3 Å². The fourth-order valence-electron chi connectivity index (χ4n) is 7.14. The topological polar surface area (TPSA) is 138 Å². The highest BCUT2D eigenvalue weighted by Gasteiger charge is 2.42. The van der Waals surface area contributed by atoms with Gasteiger partial charge in [0.2, 0.25) is 11.8 Å². The standard InChI is InChI=1S/C32H40N8O3S/c1-6-28(41)39-13-14-40(19(2)18-39)26-16-27(42-20(3)23-9-8-12-38(23)5)36-31(35-26)22-15-25(43-37-22)32(4)11-7-10-24-29(32)21(17-33)30(34)44-24/h6,15-16,19-20,23H,1,7-14,18,34H2,2-5H3/t19-,20+,23+,32-/m1/s1. The summed E-state index contributed by atoms with van der Waals surface area (Å²) in [6.07, 6.45) is 6.17. The summed E-state index contributed by atoms with van der Waals surface area (Å²) in [4.78, 5) is 29.5. The number of fused-ring (bicyclic) bond motifs is 1. The number of anilines is 2. The normalized spacial score (nSPS) is 24.5. The lowest BCUT2D eigenvalue weighted by molar-refractivity contribution is -0.126. The second-order valence-electron chi connectivity index (χ2n) is 12.4. The predicted octanol–water partition coefficient (Wildman–Crippen LogP) is 4.37. The van der Waals surface area contributed by atoms with E-state index in [9.17, 15) is 10.1 Å². The van der Waals surface area contributed by atoms with E-state index in [4.69, 9.17) is 25.0 Å². The molecule has 232 valence electrons. The Kier molecular flexibility index (Phi) is 8.11. The van der Waals surface area contributed by atoms with Crippen LogP contribution < -0.4 is 15.4 Å². The molecule has 2 N–H and O–H groups in total. The summed E-state index contributed by atoms with van der Waals surface area (Å²) in [6, 6.07) is 6.42. The SMILES string of the molecule is C=CC(=O)N1CCN(c2cc(O[C@@H](C)[C@@H]3CCCN3C)nc(-c3cc([C@@]4(C)CCCc5sc(N)c(C#N)c54)on3)n2)[C@H](C)C1. The first-order valence-corrected chi connectivity index (χ1v) is 16.2. The second-order valence-corrected chi connectivity index (χ2v) is 13.6. The number of nitriles is 1. The summed E-state index contributed by atoms with van der Waals surface area (Å²) in [5.41, 5.74) is 7.69. The fourth-order valence-corrected chi connectivity index (χ4v) is 8.33. The van der Waals surface area contributed by atoms with E-state index in [1.165, 1.54) is 17.4 Å². The maximum atomic E-state index is 12.3. The van der Waals surface area contributed by atoms with E-state index in [0.29, 0.717) is 65.2 Å². The number of carbonyl (C=O) groups excluding carboxylic acids is 1. The predicted molar refractivity (Wildman–Crippen MR) is 170 cm³/mol. The molecule has 3 aliphatic rings. The van der Waals surface area contributed by atoms with E-state index in [2.05, 4.69) is 55.4 Å². The number of carbonyl (C=O) groups is 1. The van der Waals surface area contributed by atoms with Crippen molar-refractivity contribution in [2.45, 2.75) is 76.5 Å². The zero-order valence-electron chi connectivity index (χ0n) is 25.9. The molecular formula is C32H40N8O3S. The number of amides is 1. The molecule has 0 spiro atoms. The zero-order valence-corrected chi connectivity index (χ0v) is 26.7. The molecule has 1 aliphatic carbocycles. The van der Waals surface area contributed by atoms with Gasteiger partial charge in [-0.25, -0.2) is 4.98 Å². The highest BCUT2D eigenvalue weighted by Crippen LogP contribution is 2.49. The molecule has 2 aliphatic heterocycles. The van der Waals surface area contributed by atoms with Gasteiger partial charge in [0.15, 0.2) is 11.5 Å². The van der Waals surface area contributed by atoms with Crippen molar-refractivity contribution in [3.05, 3.63) is 46.6 Å². The molecule has 44 heavy (non-hydrogen) atoms. The number of nitrogen functional groups attached to an aromatic ring is 1. The van der Waals surface area contributed by atoms with Gasteiger partial charge in [-0.15, -0.1) is 11.3 Å². The molecule has 1 amide bonds. The molecule has 0 aromatic carbocycles. The highest BCUT2D eigenvalue weighted by molar-refractivity contribution is 7.16. The van der Waals surface area contributed by atoms with Crippen LogP contribution in [0.5, 0.6) is 5.88 Å². The van der Waals surface area contributed by atoms with Crippen molar-refractivity contribution in [2.75, 3.05) is 43.9 Å². The Hall–Kier alpha value is -3.95. The van der Waals surface area contributed by atoms with Crippen LogP contribution in [0.4, 0.5) is 10.8 Å².